The molecule has 0 spiro atoms. The summed E-state index contributed by atoms with van der Waals surface area (Å²) in [6.45, 7) is 3.68. The van der Waals surface area contributed by atoms with Crippen molar-refractivity contribution in [1.29, 1.82) is 0 Å². The van der Waals surface area contributed by atoms with Gasteiger partial charge in [-0.1, -0.05) is 22.9 Å². The van der Waals surface area contributed by atoms with Crippen molar-refractivity contribution in [3.8, 4) is 0 Å². The fourth-order valence-electron chi connectivity index (χ4n) is 1.86. The molecule has 0 bridgehead atoms. The Kier molecular flexibility index (Phi) is 2.39. The zero-order valence-electron chi connectivity index (χ0n) is 7.40. The van der Waals surface area contributed by atoms with Gasteiger partial charge in [0.05, 0.1) is 0 Å². The third-order valence-corrected chi connectivity index (χ3v) is 2.90. The molecule has 0 fully saturated rings. The predicted molar refractivity (Wildman–Crippen MR) is 54.2 cm³/mol. The number of halogens is 2. The van der Waals surface area contributed by atoms with Crippen molar-refractivity contribution in [2.45, 2.75) is 19.4 Å². The molecule has 2 rings (SSSR count). The lowest BCUT2D eigenvalue weighted by atomic mass is 9.92. The lowest BCUT2D eigenvalue weighted by Gasteiger charge is -2.24. The van der Waals surface area contributed by atoms with Crippen LogP contribution in [-0.4, -0.2) is 6.54 Å². The van der Waals surface area contributed by atoms with Gasteiger partial charge in [0.15, 0.2) is 0 Å². The fourth-order valence-corrected chi connectivity index (χ4v) is 2.34. The summed E-state index contributed by atoms with van der Waals surface area (Å²) in [5, 5.41) is 3.26. The highest BCUT2D eigenvalue weighted by molar-refractivity contribution is 9.10. The highest BCUT2D eigenvalue weighted by Gasteiger charge is 2.20. The Hall–Kier alpha value is -0.410. The van der Waals surface area contributed by atoms with E-state index in [1.807, 2.05) is 13.0 Å². The van der Waals surface area contributed by atoms with Gasteiger partial charge in [-0.3, -0.25) is 0 Å². The van der Waals surface area contributed by atoms with Gasteiger partial charge < -0.3 is 5.32 Å². The third kappa shape index (κ3) is 1.63. The predicted octanol–water partition coefficient (Wildman–Crippen LogP) is 2.79. The second-order valence-corrected chi connectivity index (χ2v) is 4.41. The van der Waals surface area contributed by atoms with Crippen LogP contribution in [0, 0.1) is 5.82 Å². The van der Waals surface area contributed by atoms with Crippen LogP contribution in [0.15, 0.2) is 16.6 Å². The highest BCUT2D eigenvalue weighted by atomic mass is 79.9. The summed E-state index contributed by atoms with van der Waals surface area (Å²) in [5.74, 6) is 0.190. The van der Waals surface area contributed by atoms with E-state index in [0.717, 1.165) is 28.7 Å². The standard InChI is InChI=1S/C10H11BrFN/c1-6-4-13-5-7-2-8(11)3-9(12)10(6)7/h2-3,6,13H,4-5H2,1H3. The summed E-state index contributed by atoms with van der Waals surface area (Å²) in [6, 6.07) is 3.53. The van der Waals surface area contributed by atoms with Gasteiger partial charge in [-0.2, -0.15) is 0 Å². The zero-order valence-corrected chi connectivity index (χ0v) is 8.99. The quantitative estimate of drug-likeness (QED) is 0.739. The second-order valence-electron chi connectivity index (χ2n) is 3.49. The van der Waals surface area contributed by atoms with E-state index in [9.17, 15) is 4.39 Å². The van der Waals surface area contributed by atoms with E-state index in [4.69, 9.17) is 0 Å². The molecule has 1 atom stereocenters. The Morgan fingerprint density at radius 2 is 2.31 bits per heavy atom. The first-order valence-corrected chi connectivity index (χ1v) is 5.16. The average molecular weight is 244 g/mol. The maximum Gasteiger partial charge on any atom is 0.128 e. The molecule has 0 radical (unpaired) electrons. The Morgan fingerprint density at radius 1 is 1.54 bits per heavy atom. The summed E-state index contributed by atoms with van der Waals surface area (Å²) in [4.78, 5) is 0. The Morgan fingerprint density at radius 3 is 3.08 bits per heavy atom. The van der Waals surface area contributed by atoms with Crippen molar-refractivity contribution in [3.63, 3.8) is 0 Å². The monoisotopic (exact) mass is 243 g/mol. The molecule has 3 heteroatoms. The van der Waals surface area contributed by atoms with E-state index in [1.165, 1.54) is 0 Å². The van der Waals surface area contributed by atoms with Crippen LogP contribution in [0.5, 0.6) is 0 Å². The molecule has 70 valence electrons. The van der Waals surface area contributed by atoms with E-state index in [2.05, 4.69) is 21.2 Å². The topological polar surface area (TPSA) is 12.0 Å². The molecule has 1 aliphatic rings. The zero-order chi connectivity index (χ0) is 9.42. The van der Waals surface area contributed by atoms with Crippen molar-refractivity contribution in [2.24, 2.45) is 0 Å². The molecule has 1 N–H and O–H groups in total. The maximum atomic E-state index is 13.5. The van der Waals surface area contributed by atoms with Crippen molar-refractivity contribution in [1.82, 2.24) is 5.32 Å². The Balaban J connectivity index is 2.56. The number of benzene rings is 1. The molecule has 0 aliphatic carbocycles. The van der Waals surface area contributed by atoms with E-state index in [1.54, 1.807) is 6.07 Å². The highest BCUT2D eigenvalue weighted by Crippen LogP contribution is 2.29. The SMILES string of the molecule is CC1CNCc2cc(Br)cc(F)c21. The van der Waals surface area contributed by atoms with Crippen LogP contribution in [0.25, 0.3) is 0 Å². The lowest BCUT2D eigenvalue weighted by Crippen LogP contribution is -2.27. The van der Waals surface area contributed by atoms with E-state index in [-0.39, 0.29) is 11.7 Å². The van der Waals surface area contributed by atoms with E-state index >= 15 is 0 Å². The number of fused-ring (bicyclic) bond motifs is 1. The third-order valence-electron chi connectivity index (χ3n) is 2.44. The molecular weight excluding hydrogens is 233 g/mol. The molecule has 1 heterocycles. The number of rotatable bonds is 0. The fraction of sp³-hybridized carbons (Fsp3) is 0.400. The summed E-state index contributed by atoms with van der Waals surface area (Å²) in [7, 11) is 0. The number of nitrogens with one attached hydrogen (secondary N) is 1. The van der Waals surface area contributed by atoms with Crippen LogP contribution in [0.1, 0.15) is 24.0 Å². The van der Waals surface area contributed by atoms with Crippen molar-refractivity contribution in [2.75, 3.05) is 6.54 Å². The summed E-state index contributed by atoms with van der Waals surface area (Å²) in [5.41, 5.74) is 1.95. The summed E-state index contributed by atoms with van der Waals surface area (Å²) >= 11 is 3.29. The van der Waals surface area contributed by atoms with Gasteiger partial charge in [0, 0.05) is 17.6 Å². The van der Waals surface area contributed by atoms with Gasteiger partial charge in [0.25, 0.3) is 0 Å². The molecule has 1 aromatic rings. The Bertz CT molecular complexity index is 338. The maximum absolute atomic E-state index is 13.5. The van der Waals surface area contributed by atoms with Gasteiger partial charge >= 0.3 is 0 Å². The smallest absolute Gasteiger partial charge is 0.128 e. The van der Waals surface area contributed by atoms with Crippen LogP contribution in [0.4, 0.5) is 4.39 Å². The number of hydrogen-bond donors (Lipinski definition) is 1. The second kappa shape index (κ2) is 3.39. The molecule has 1 nitrogen and oxygen atoms in total. The molecule has 0 aromatic heterocycles. The molecule has 0 saturated heterocycles. The summed E-state index contributed by atoms with van der Waals surface area (Å²) < 4.78 is 14.3. The molecule has 1 unspecified atom stereocenters. The van der Waals surface area contributed by atoms with E-state index in [0.29, 0.717) is 0 Å². The van der Waals surface area contributed by atoms with Crippen LogP contribution in [-0.2, 0) is 6.54 Å². The molecular formula is C10H11BrFN. The van der Waals surface area contributed by atoms with Crippen LogP contribution in [0.3, 0.4) is 0 Å². The van der Waals surface area contributed by atoms with E-state index < -0.39 is 0 Å². The minimum Gasteiger partial charge on any atom is -0.312 e. The number of hydrogen-bond acceptors (Lipinski definition) is 1. The average Bonchev–Trinajstić information content (AvgIpc) is 2.02. The molecule has 13 heavy (non-hydrogen) atoms. The van der Waals surface area contributed by atoms with Gasteiger partial charge in [-0.05, 0) is 29.2 Å². The minimum absolute atomic E-state index is 0.0848. The van der Waals surface area contributed by atoms with Crippen molar-refractivity contribution in [3.05, 3.63) is 33.5 Å². The van der Waals surface area contributed by atoms with Gasteiger partial charge in [-0.25, -0.2) is 4.39 Å². The van der Waals surface area contributed by atoms with Crippen molar-refractivity contribution >= 4 is 15.9 Å². The van der Waals surface area contributed by atoms with Gasteiger partial charge in [0.2, 0.25) is 0 Å². The summed E-state index contributed by atoms with van der Waals surface area (Å²) in [6.07, 6.45) is 0. The van der Waals surface area contributed by atoms with Gasteiger partial charge in [0.1, 0.15) is 5.82 Å². The first kappa shape index (κ1) is 9.16. The molecule has 0 amide bonds. The van der Waals surface area contributed by atoms with Crippen LogP contribution < -0.4 is 5.32 Å². The normalized spacial score (nSPS) is 21.3. The van der Waals surface area contributed by atoms with Crippen molar-refractivity contribution < 1.29 is 4.39 Å². The first-order chi connectivity index (χ1) is 6.18. The Labute approximate surface area is 85.5 Å². The van der Waals surface area contributed by atoms with Gasteiger partial charge in [-0.15, -0.1) is 0 Å². The molecule has 1 aromatic carbocycles. The van der Waals surface area contributed by atoms with Crippen LogP contribution in [0.2, 0.25) is 0 Å². The minimum atomic E-state index is -0.0848. The van der Waals surface area contributed by atoms with Crippen LogP contribution >= 0.6 is 15.9 Å². The lowest BCUT2D eigenvalue weighted by molar-refractivity contribution is 0.522. The molecule has 1 aliphatic heterocycles. The molecule has 0 saturated carbocycles. The first-order valence-electron chi connectivity index (χ1n) is 4.37. The largest absolute Gasteiger partial charge is 0.312 e.